The minimum absolute atomic E-state index is 0.0161. The smallest absolute Gasteiger partial charge is 0.310 e. The summed E-state index contributed by atoms with van der Waals surface area (Å²) >= 11 is 0. The number of amides is 1. The number of carbonyl (C=O) groups excluding carboxylic acids is 2. The highest BCUT2D eigenvalue weighted by Gasteiger charge is 2.23. The first-order valence-electron chi connectivity index (χ1n) is 11.3. The number of hydrogen-bond acceptors (Lipinski definition) is 7. The van der Waals surface area contributed by atoms with Crippen LogP contribution in [0.4, 0.5) is 11.4 Å². The predicted molar refractivity (Wildman–Crippen MR) is 130 cm³/mol. The highest BCUT2D eigenvalue weighted by molar-refractivity contribution is 6.08. The fourth-order valence-corrected chi connectivity index (χ4v) is 4.44. The van der Waals surface area contributed by atoms with Crippen molar-refractivity contribution in [3.8, 4) is 0 Å². The normalized spacial score (nSPS) is 13.8. The Bertz CT molecular complexity index is 1400. The molecule has 0 unspecified atom stereocenters. The van der Waals surface area contributed by atoms with Gasteiger partial charge in [0.25, 0.3) is 11.6 Å². The van der Waals surface area contributed by atoms with Gasteiger partial charge in [0.15, 0.2) is 6.61 Å². The van der Waals surface area contributed by atoms with Gasteiger partial charge in [-0.25, -0.2) is 0 Å². The van der Waals surface area contributed by atoms with Crippen molar-refractivity contribution in [3.05, 3.63) is 82.6 Å². The van der Waals surface area contributed by atoms with Crippen LogP contribution in [0.15, 0.2) is 71.3 Å². The zero-order chi connectivity index (χ0) is 24.4. The molecule has 1 aliphatic rings. The molecule has 0 aliphatic carbocycles. The molecule has 2 heterocycles. The molecule has 1 amide bonds. The van der Waals surface area contributed by atoms with E-state index >= 15 is 0 Å². The summed E-state index contributed by atoms with van der Waals surface area (Å²) in [6, 6.07) is 18.1. The lowest BCUT2D eigenvalue weighted by Gasteiger charge is -2.36. The van der Waals surface area contributed by atoms with E-state index in [1.807, 2.05) is 36.4 Å². The Morgan fingerprint density at radius 1 is 0.971 bits per heavy atom. The number of nitrogens with zero attached hydrogens (tertiary/aromatic N) is 3. The van der Waals surface area contributed by atoms with E-state index in [0.717, 1.165) is 27.4 Å². The van der Waals surface area contributed by atoms with E-state index in [2.05, 4.69) is 4.90 Å². The van der Waals surface area contributed by atoms with Crippen molar-refractivity contribution in [3.63, 3.8) is 0 Å². The lowest BCUT2D eigenvalue weighted by molar-refractivity contribution is -0.384. The predicted octanol–water partition coefficient (Wildman–Crippen LogP) is 3.93. The van der Waals surface area contributed by atoms with Crippen molar-refractivity contribution < 1.29 is 23.7 Å². The van der Waals surface area contributed by atoms with Gasteiger partial charge in [-0.3, -0.25) is 19.7 Å². The van der Waals surface area contributed by atoms with Crippen LogP contribution in [0.1, 0.15) is 5.56 Å². The van der Waals surface area contributed by atoms with Gasteiger partial charge in [-0.05, 0) is 29.0 Å². The molecule has 5 rings (SSSR count). The fraction of sp³-hybridized carbons (Fsp3) is 0.231. The van der Waals surface area contributed by atoms with Gasteiger partial charge in [0.2, 0.25) is 0 Å². The molecule has 35 heavy (non-hydrogen) atoms. The average Bonchev–Trinajstić information content (AvgIpc) is 3.30. The fourth-order valence-electron chi connectivity index (χ4n) is 4.44. The molecule has 9 heteroatoms. The molecule has 0 spiro atoms. The molecule has 1 fully saturated rings. The van der Waals surface area contributed by atoms with E-state index in [0.29, 0.717) is 31.8 Å². The molecule has 178 valence electrons. The third-order valence-corrected chi connectivity index (χ3v) is 6.29. The number of fused-ring (bicyclic) bond motifs is 3. The zero-order valence-electron chi connectivity index (χ0n) is 18.9. The second-order valence-corrected chi connectivity index (χ2v) is 8.40. The minimum Gasteiger partial charge on any atom is -0.464 e. The molecule has 0 bridgehead atoms. The Balaban J connectivity index is 1.14. The lowest BCUT2D eigenvalue weighted by Crippen LogP contribution is -2.49. The Labute approximate surface area is 200 Å². The molecule has 3 aromatic carbocycles. The van der Waals surface area contributed by atoms with Crippen molar-refractivity contribution >= 4 is 45.0 Å². The number of nitro benzene ring substituents is 1. The Morgan fingerprint density at radius 3 is 2.46 bits per heavy atom. The van der Waals surface area contributed by atoms with Crippen LogP contribution in [0.3, 0.4) is 0 Å². The Hall–Kier alpha value is -4.40. The zero-order valence-corrected chi connectivity index (χ0v) is 18.9. The van der Waals surface area contributed by atoms with Gasteiger partial charge in [-0.2, -0.15) is 0 Å². The average molecular weight is 473 g/mol. The number of rotatable bonds is 6. The van der Waals surface area contributed by atoms with Crippen LogP contribution in [0, 0.1) is 10.1 Å². The first-order valence-corrected chi connectivity index (χ1v) is 11.3. The topological polar surface area (TPSA) is 106 Å². The number of benzene rings is 3. The van der Waals surface area contributed by atoms with Crippen molar-refractivity contribution in [2.45, 2.75) is 6.42 Å². The number of furan rings is 1. The Morgan fingerprint density at radius 2 is 1.71 bits per heavy atom. The lowest BCUT2D eigenvalue weighted by atomic mass is 10.0. The van der Waals surface area contributed by atoms with Crippen LogP contribution < -0.4 is 4.90 Å². The van der Waals surface area contributed by atoms with E-state index in [1.54, 1.807) is 23.3 Å². The van der Waals surface area contributed by atoms with E-state index in [1.165, 1.54) is 12.1 Å². The van der Waals surface area contributed by atoms with Crippen LogP contribution in [0.5, 0.6) is 0 Å². The van der Waals surface area contributed by atoms with Gasteiger partial charge in [-0.15, -0.1) is 0 Å². The summed E-state index contributed by atoms with van der Waals surface area (Å²) in [4.78, 5) is 39.2. The van der Waals surface area contributed by atoms with Crippen molar-refractivity contribution in [1.29, 1.82) is 0 Å². The van der Waals surface area contributed by atoms with Gasteiger partial charge >= 0.3 is 5.97 Å². The van der Waals surface area contributed by atoms with E-state index in [9.17, 15) is 19.7 Å². The van der Waals surface area contributed by atoms with Crippen LogP contribution in [0.2, 0.25) is 0 Å². The molecule has 0 radical (unpaired) electrons. The molecule has 4 aromatic rings. The molecule has 1 aliphatic heterocycles. The number of piperazine rings is 1. The third kappa shape index (κ3) is 4.65. The number of anilines is 1. The molecule has 0 N–H and O–H groups in total. The summed E-state index contributed by atoms with van der Waals surface area (Å²) < 4.78 is 10.9. The highest BCUT2D eigenvalue weighted by Crippen LogP contribution is 2.30. The van der Waals surface area contributed by atoms with Crippen molar-refractivity contribution in [1.82, 2.24) is 4.90 Å². The quantitative estimate of drug-likeness (QED) is 0.237. The van der Waals surface area contributed by atoms with Crippen molar-refractivity contribution in [2.24, 2.45) is 0 Å². The first-order chi connectivity index (χ1) is 17.0. The molecule has 0 saturated carbocycles. The molecule has 1 saturated heterocycles. The molecule has 1 aromatic heterocycles. The minimum atomic E-state index is -0.487. The number of non-ortho nitro benzene ring substituents is 1. The first kappa shape index (κ1) is 22.4. The molecular weight excluding hydrogens is 450 g/mol. The summed E-state index contributed by atoms with van der Waals surface area (Å²) in [5.74, 6) is -0.734. The van der Waals surface area contributed by atoms with Gasteiger partial charge in [-0.1, -0.05) is 30.3 Å². The number of nitro groups is 1. The third-order valence-electron chi connectivity index (χ3n) is 6.29. The largest absolute Gasteiger partial charge is 0.464 e. The van der Waals surface area contributed by atoms with Crippen LogP contribution in [0.25, 0.3) is 21.7 Å². The van der Waals surface area contributed by atoms with E-state index in [-0.39, 0.29) is 24.6 Å². The number of carbonyl (C=O) groups is 2. The standard InChI is InChI=1S/C26H23N3O6/c30-24(28-13-11-27(12-14-28)20-6-8-21(9-7-20)29(32)33)17-35-25(31)15-19-16-34-23-10-5-18-3-1-2-4-22(18)26(19)23/h1-10,16H,11-15,17H2. The maximum Gasteiger partial charge on any atom is 0.310 e. The van der Waals surface area contributed by atoms with Crippen LogP contribution in [-0.4, -0.2) is 54.5 Å². The second-order valence-electron chi connectivity index (χ2n) is 8.40. The van der Waals surface area contributed by atoms with Crippen LogP contribution in [-0.2, 0) is 20.7 Å². The maximum absolute atomic E-state index is 12.6. The summed E-state index contributed by atoms with van der Waals surface area (Å²) in [5.41, 5.74) is 2.34. The maximum atomic E-state index is 12.6. The summed E-state index contributed by atoms with van der Waals surface area (Å²) in [6.45, 7) is 1.82. The number of hydrogen-bond donors (Lipinski definition) is 0. The van der Waals surface area contributed by atoms with E-state index < -0.39 is 10.9 Å². The number of ether oxygens (including phenoxy) is 1. The SMILES string of the molecule is O=C(Cc1coc2ccc3ccccc3c12)OCC(=O)N1CCN(c2ccc([N+](=O)[O-])cc2)CC1. The van der Waals surface area contributed by atoms with Crippen molar-refractivity contribution in [2.75, 3.05) is 37.7 Å². The number of esters is 1. The summed E-state index contributed by atoms with van der Waals surface area (Å²) in [6.07, 6.45) is 1.58. The van der Waals surface area contributed by atoms with E-state index in [4.69, 9.17) is 9.15 Å². The van der Waals surface area contributed by atoms with Gasteiger partial charge in [0.05, 0.1) is 17.6 Å². The highest BCUT2D eigenvalue weighted by atomic mass is 16.6. The van der Waals surface area contributed by atoms with Gasteiger partial charge < -0.3 is 19.0 Å². The van der Waals surface area contributed by atoms with Gasteiger partial charge in [0, 0.05) is 54.9 Å². The monoisotopic (exact) mass is 473 g/mol. The van der Waals surface area contributed by atoms with Crippen LogP contribution >= 0.6 is 0 Å². The molecule has 0 atom stereocenters. The Kier molecular flexibility index (Phi) is 6.05. The molecular formula is C26H23N3O6. The summed E-state index contributed by atoms with van der Waals surface area (Å²) in [7, 11) is 0. The second kappa shape index (κ2) is 9.46. The summed E-state index contributed by atoms with van der Waals surface area (Å²) in [5, 5.41) is 13.8. The van der Waals surface area contributed by atoms with Gasteiger partial charge in [0.1, 0.15) is 5.58 Å². The molecule has 9 nitrogen and oxygen atoms in total.